The fourth-order valence-electron chi connectivity index (χ4n) is 3.84. The van der Waals surface area contributed by atoms with Crippen molar-refractivity contribution in [3.63, 3.8) is 0 Å². The predicted octanol–water partition coefficient (Wildman–Crippen LogP) is 0.347. The Balaban J connectivity index is 0.00000100. The molecule has 0 aliphatic rings. The van der Waals surface area contributed by atoms with E-state index in [0.29, 0.717) is 6.54 Å². The van der Waals surface area contributed by atoms with E-state index in [4.69, 9.17) is 19.7 Å². The molecule has 0 heterocycles. The van der Waals surface area contributed by atoms with Crippen molar-refractivity contribution in [2.75, 3.05) is 24.7 Å². The summed E-state index contributed by atoms with van der Waals surface area (Å²) >= 11 is 7.93. The van der Waals surface area contributed by atoms with E-state index in [1.54, 1.807) is 27.7 Å². The minimum Gasteiger partial charge on any atom is -0.480 e. The number of thiol groups is 2. The van der Waals surface area contributed by atoms with Gasteiger partial charge in [-0.1, -0.05) is 30.3 Å². The number of amides is 4. The number of rotatable bonds is 21. The average molecular weight is 776 g/mol. The Morgan fingerprint density at radius 1 is 0.750 bits per heavy atom. The van der Waals surface area contributed by atoms with Crippen molar-refractivity contribution in [2.45, 2.75) is 89.7 Å². The summed E-state index contributed by atoms with van der Waals surface area (Å²) in [5.74, 6) is -5.92. The van der Waals surface area contributed by atoms with Crippen molar-refractivity contribution >= 4 is 72.9 Å². The minimum absolute atomic E-state index is 0.0220. The monoisotopic (exact) mass is 775 g/mol. The van der Waals surface area contributed by atoms with Crippen LogP contribution in [0.15, 0.2) is 30.3 Å². The van der Waals surface area contributed by atoms with E-state index in [9.17, 15) is 43.5 Å². The lowest BCUT2D eigenvalue weighted by atomic mass is 10.1. The van der Waals surface area contributed by atoms with Gasteiger partial charge < -0.3 is 51.4 Å². The maximum Gasteiger partial charge on any atom is 0.408 e. The summed E-state index contributed by atoms with van der Waals surface area (Å²) in [5, 5.41) is 39.0. The Kier molecular flexibility index (Phi) is 23.2. The number of esters is 1. The molecule has 1 unspecified atom stereocenters. The van der Waals surface area contributed by atoms with Crippen LogP contribution in [0.3, 0.4) is 0 Å². The highest BCUT2D eigenvalue weighted by atomic mass is 32.1. The van der Waals surface area contributed by atoms with Crippen molar-refractivity contribution < 1.29 is 63.1 Å². The second kappa shape index (κ2) is 25.4. The molecule has 4 amide bonds. The third-order valence-corrected chi connectivity index (χ3v) is 7.07. The maximum atomic E-state index is 12.0. The van der Waals surface area contributed by atoms with Crippen LogP contribution in [0.4, 0.5) is 4.79 Å². The Hall–Kier alpha value is -4.56. The molecular weight excluding hydrogens is 727 g/mol. The zero-order chi connectivity index (χ0) is 39.9. The summed E-state index contributed by atoms with van der Waals surface area (Å²) in [7, 11) is 0. The number of hydrogen-bond acceptors (Lipinski definition) is 13. The number of ether oxygens (including phenoxy) is 2. The highest BCUT2D eigenvalue weighted by molar-refractivity contribution is 7.80. The highest BCUT2D eigenvalue weighted by Crippen LogP contribution is 2.08. The van der Waals surface area contributed by atoms with Crippen LogP contribution in [-0.4, -0.2) is 117 Å². The first-order chi connectivity index (χ1) is 24.3. The molecule has 0 aromatic heterocycles. The molecule has 1 rings (SSSR count). The van der Waals surface area contributed by atoms with Crippen molar-refractivity contribution in [1.29, 1.82) is 0 Å². The lowest BCUT2D eigenvalue weighted by Crippen LogP contribution is -2.49. The van der Waals surface area contributed by atoms with E-state index >= 15 is 0 Å². The van der Waals surface area contributed by atoms with Crippen LogP contribution in [0.2, 0.25) is 0 Å². The van der Waals surface area contributed by atoms with Gasteiger partial charge in [0, 0.05) is 30.9 Å². The van der Waals surface area contributed by atoms with Crippen LogP contribution in [-0.2, 0) is 49.6 Å². The van der Waals surface area contributed by atoms with Crippen LogP contribution in [0.1, 0.15) is 58.9 Å². The van der Waals surface area contributed by atoms with Crippen molar-refractivity contribution in [3.8, 4) is 0 Å². The Morgan fingerprint density at radius 3 is 1.73 bits per heavy atom. The van der Waals surface area contributed by atoms with Crippen LogP contribution in [0.5, 0.6) is 0 Å². The van der Waals surface area contributed by atoms with Gasteiger partial charge in [-0.05, 0) is 46.1 Å². The molecule has 0 spiro atoms. The van der Waals surface area contributed by atoms with Gasteiger partial charge in [0.15, 0.2) is 0 Å². The van der Waals surface area contributed by atoms with Crippen LogP contribution in [0, 0.1) is 0 Å². The van der Waals surface area contributed by atoms with Crippen LogP contribution < -0.4 is 26.6 Å². The summed E-state index contributed by atoms with van der Waals surface area (Å²) in [4.78, 5) is 91.9. The molecule has 52 heavy (non-hydrogen) atoms. The van der Waals surface area contributed by atoms with E-state index in [2.05, 4.69) is 51.8 Å². The second-order valence-electron chi connectivity index (χ2n) is 11.8. The molecule has 0 aliphatic carbocycles. The molecular formula is C32H49N5O13S2. The number of carbonyl (C=O) groups excluding carboxylic acids is 5. The fourth-order valence-corrected chi connectivity index (χ4v) is 4.34. The van der Waals surface area contributed by atoms with E-state index in [1.165, 1.54) is 0 Å². The first-order valence-corrected chi connectivity index (χ1v) is 17.3. The zero-order valence-electron chi connectivity index (χ0n) is 29.4. The standard InChI is InChI=1S/C17H23N3O6S.C15H26N2O7S/c21-14(20-13(10-27)16(24)19-9-15(22)23)7-6-12(17(25)26)18-8-11-4-2-1-3-5-11;1-5-23-13(21)10(8-25)16-11(18)7-6-9(12(19)20)17-14(22)24-15(2,3)4/h1-5,12-13,18,27H,6-10H2,(H,19,24)(H,20,21)(H,22,23)(H,25,26);9-10,25H,5-8H2,1-4H3,(H,16,18)(H,17,22)(H,19,20)/t12-,13-;9?,10-/m00/s1. The quantitative estimate of drug-likeness (QED) is 0.0596. The topological polar surface area (TPSA) is 276 Å². The molecule has 1 aromatic rings. The number of aliphatic carboxylic acids is 3. The lowest BCUT2D eigenvalue weighted by Gasteiger charge is -2.22. The molecule has 0 saturated heterocycles. The molecule has 0 fully saturated rings. The third-order valence-electron chi connectivity index (χ3n) is 6.34. The molecule has 4 atom stereocenters. The maximum absolute atomic E-state index is 12.0. The molecule has 18 nitrogen and oxygen atoms in total. The summed E-state index contributed by atoms with van der Waals surface area (Å²) in [6.07, 6.45) is -1.35. The number of carbonyl (C=O) groups is 8. The van der Waals surface area contributed by atoms with Gasteiger partial charge in [-0.3, -0.25) is 24.0 Å². The zero-order valence-corrected chi connectivity index (χ0v) is 31.2. The second-order valence-corrected chi connectivity index (χ2v) is 12.6. The SMILES string of the molecule is CCOC(=O)[C@H](CS)NC(=O)CCC(NC(=O)OC(C)(C)C)C(=O)O.O=C(O)CNC(=O)[C@H](CS)NC(=O)CC[C@H](NCc1ccccc1)C(=O)O. The molecule has 20 heteroatoms. The minimum atomic E-state index is -1.30. The number of carboxylic acid groups (broad SMARTS) is 3. The Labute approximate surface area is 312 Å². The summed E-state index contributed by atoms with van der Waals surface area (Å²) in [6, 6.07) is 5.10. The first kappa shape index (κ1) is 47.4. The lowest BCUT2D eigenvalue weighted by molar-refractivity contribution is -0.147. The molecule has 0 bridgehead atoms. The highest BCUT2D eigenvalue weighted by Gasteiger charge is 2.26. The molecule has 0 radical (unpaired) electrons. The number of nitrogens with one attached hydrogen (secondary N) is 5. The molecule has 0 saturated carbocycles. The van der Waals surface area contributed by atoms with Gasteiger partial charge >= 0.3 is 30.0 Å². The smallest absolute Gasteiger partial charge is 0.408 e. The third kappa shape index (κ3) is 22.3. The number of hydrogen-bond donors (Lipinski definition) is 10. The van der Waals surface area contributed by atoms with Gasteiger partial charge in [0.1, 0.15) is 36.3 Å². The van der Waals surface area contributed by atoms with E-state index in [1.807, 2.05) is 30.3 Å². The fraction of sp³-hybridized carbons (Fsp3) is 0.562. The summed E-state index contributed by atoms with van der Waals surface area (Å²) in [6.45, 7) is 6.50. The number of carboxylic acids is 3. The number of alkyl carbamates (subject to hydrolysis) is 1. The molecule has 8 N–H and O–H groups in total. The number of benzene rings is 1. The van der Waals surface area contributed by atoms with Gasteiger partial charge in [0.05, 0.1) is 6.61 Å². The normalized spacial score (nSPS) is 13.0. The van der Waals surface area contributed by atoms with Gasteiger partial charge in [0.2, 0.25) is 17.7 Å². The molecule has 1 aromatic carbocycles. The Bertz CT molecular complexity index is 1350. The van der Waals surface area contributed by atoms with Crippen molar-refractivity contribution in [2.24, 2.45) is 0 Å². The predicted molar refractivity (Wildman–Crippen MR) is 193 cm³/mol. The van der Waals surface area contributed by atoms with Gasteiger partial charge in [-0.2, -0.15) is 25.3 Å². The summed E-state index contributed by atoms with van der Waals surface area (Å²) < 4.78 is 9.77. The van der Waals surface area contributed by atoms with Gasteiger partial charge in [0.25, 0.3) is 0 Å². The van der Waals surface area contributed by atoms with Gasteiger partial charge in [-0.15, -0.1) is 0 Å². The van der Waals surface area contributed by atoms with Gasteiger partial charge in [-0.25, -0.2) is 14.4 Å². The molecule has 292 valence electrons. The molecule has 0 aliphatic heterocycles. The van der Waals surface area contributed by atoms with Crippen LogP contribution in [0.25, 0.3) is 0 Å². The summed E-state index contributed by atoms with van der Waals surface area (Å²) in [5.41, 5.74) is 0.141. The van der Waals surface area contributed by atoms with Crippen molar-refractivity contribution in [1.82, 2.24) is 26.6 Å². The largest absolute Gasteiger partial charge is 0.480 e. The van der Waals surface area contributed by atoms with Crippen molar-refractivity contribution in [3.05, 3.63) is 35.9 Å². The Morgan fingerprint density at radius 2 is 1.27 bits per heavy atom. The van der Waals surface area contributed by atoms with E-state index in [-0.39, 0.29) is 43.8 Å². The van der Waals surface area contributed by atoms with E-state index in [0.717, 1.165) is 5.56 Å². The van der Waals surface area contributed by atoms with E-state index < -0.39 is 84.0 Å². The van der Waals surface area contributed by atoms with Crippen LogP contribution >= 0.6 is 25.3 Å². The first-order valence-electron chi connectivity index (χ1n) is 16.0. The average Bonchev–Trinajstić information content (AvgIpc) is 3.06.